The number of benzene rings is 3. The zero-order valence-corrected chi connectivity index (χ0v) is 19.2. The normalized spacial score (nSPS) is 11.6. The average Bonchev–Trinajstić information content (AvgIpc) is 2.74. The third kappa shape index (κ3) is 6.21. The maximum absolute atomic E-state index is 12.9. The summed E-state index contributed by atoms with van der Waals surface area (Å²) in [6.07, 6.45) is 0. The fourth-order valence-electron chi connectivity index (χ4n) is 2.89. The zero-order chi connectivity index (χ0) is 21.5. The summed E-state index contributed by atoms with van der Waals surface area (Å²) in [6, 6.07) is 22.7. The van der Waals surface area contributed by atoms with Crippen LogP contribution in [0.3, 0.4) is 0 Å². The molecule has 0 spiro atoms. The SMILES string of the molecule is Cc1ccc(NC(=O)CSc2ccccc2C(=O)NC(C)c2cccc(Br)c2)cc1. The lowest BCUT2D eigenvalue weighted by Crippen LogP contribution is -2.27. The van der Waals surface area contributed by atoms with Crippen LogP contribution in [0.2, 0.25) is 0 Å². The number of carbonyl (C=O) groups is 2. The van der Waals surface area contributed by atoms with Crippen molar-refractivity contribution in [2.24, 2.45) is 0 Å². The monoisotopic (exact) mass is 482 g/mol. The lowest BCUT2D eigenvalue weighted by atomic mass is 10.1. The van der Waals surface area contributed by atoms with Gasteiger partial charge in [0.15, 0.2) is 0 Å². The third-order valence-electron chi connectivity index (χ3n) is 4.52. The number of hydrogen-bond acceptors (Lipinski definition) is 3. The summed E-state index contributed by atoms with van der Waals surface area (Å²) in [7, 11) is 0. The Morgan fingerprint density at radius 1 is 1.00 bits per heavy atom. The van der Waals surface area contributed by atoms with Gasteiger partial charge in [0.2, 0.25) is 5.91 Å². The number of amides is 2. The van der Waals surface area contributed by atoms with E-state index in [2.05, 4.69) is 26.6 Å². The number of hydrogen-bond donors (Lipinski definition) is 2. The van der Waals surface area contributed by atoms with E-state index in [-0.39, 0.29) is 23.6 Å². The van der Waals surface area contributed by atoms with E-state index >= 15 is 0 Å². The van der Waals surface area contributed by atoms with Gasteiger partial charge in [0.25, 0.3) is 5.91 Å². The van der Waals surface area contributed by atoms with Crippen LogP contribution in [-0.2, 0) is 4.79 Å². The first-order valence-electron chi connectivity index (χ1n) is 9.57. The molecule has 0 fully saturated rings. The highest BCUT2D eigenvalue weighted by Crippen LogP contribution is 2.24. The molecule has 6 heteroatoms. The van der Waals surface area contributed by atoms with Crippen LogP contribution in [0.15, 0.2) is 82.2 Å². The van der Waals surface area contributed by atoms with Crippen molar-refractivity contribution in [1.82, 2.24) is 5.32 Å². The van der Waals surface area contributed by atoms with E-state index in [0.717, 1.165) is 26.2 Å². The molecule has 0 aliphatic heterocycles. The smallest absolute Gasteiger partial charge is 0.252 e. The number of aryl methyl sites for hydroxylation is 1. The molecule has 4 nitrogen and oxygen atoms in total. The maximum atomic E-state index is 12.9. The summed E-state index contributed by atoms with van der Waals surface area (Å²) in [5, 5.41) is 5.92. The minimum atomic E-state index is -0.162. The molecule has 0 saturated carbocycles. The first kappa shape index (κ1) is 22.1. The van der Waals surface area contributed by atoms with Crippen molar-refractivity contribution in [3.63, 3.8) is 0 Å². The van der Waals surface area contributed by atoms with Crippen LogP contribution < -0.4 is 10.6 Å². The second kappa shape index (κ2) is 10.5. The van der Waals surface area contributed by atoms with Gasteiger partial charge < -0.3 is 10.6 Å². The van der Waals surface area contributed by atoms with E-state index in [1.54, 1.807) is 6.07 Å². The Hall–Kier alpha value is -2.57. The third-order valence-corrected chi connectivity index (χ3v) is 6.09. The molecule has 0 bridgehead atoms. The summed E-state index contributed by atoms with van der Waals surface area (Å²) in [5.41, 5.74) is 3.48. The number of halogens is 1. The van der Waals surface area contributed by atoms with E-state index in [9.17, 15) is 9.59 Å². The molecule has 0 aromatic heterocycles. The Morgan fingerprint density at radius 2 is 1.73 bits per heavy atom. The van der Waals surface area contributed by atoms with Crippen LogP contribution in [-0.4, -0.2) is 17.6 Å². The Labute approximate surface area is 189 Å². The highest BCUT2D eigenvalue weighted by atomic mass is 79.9. The molecule has 2 amide bonds. The van der Waals surface area contributed by atoms with Crippen molar-refractivity contribution >= 4 is 45.2 Å². The first-order chi connectivity index (χ1) is 14.4. The van der Waals surface area contributed by atoms with Gasteiger partial charge in [-0.05, 0) is 55.8 Å². The van der Waals surface area contributed by atoms with E-state index in [0.29, 0.717) is 5.56 Å². The van der Waals surface area contributed by atoms with Crippen molar-refractivity contribution < 1.29 is 9.59 Å². The molecule has 0 radical (unpaired) electrons. The Kier molecular flexibility index (Phi) is 7.71. The molecular formula is C24H23BrN2O2S. The lowest BCUT2D eigenvalue weighted by Gasteiger charge is -2.16. The summed E-state index contributed by atoms with van der Waals surface area (Å²) in [5.74, 6) is -0.0506. The molecule has 3 aromatic carbocycles. The van der Waals surface area contributed by atoms with Gasteiger partial charge in [-0.1, -0.05) is 57.9 Å². The Bertz CT molecular complexity index is 1040. The summed E-state index contributed by atoms with van der Waals surface area (Å²) in [4.78, 5) is 25.9. The molecule has 30 heavy (non-hydrogen) atoms. The number of carbonyl (C=O) groups excluding carboxylic acids is 2. The van der Waals surface area contributed by atoms with E-state index < -0.39 is 0 Å². The molecule has 0 aliphatic carbocycles. The van der Waals surface area contributed by atoms with Gasteiger partial charge in [-0.15, -0.1) is 11.8 Å². The highest BCUT2D eigenvalue weighted by Gasteiger charge is 2.16. The van der Waals surface area contributed by atoms with Crippen molar-refractivity contribution in [3.05, 3.63) is 94.0 Å². The molecule has 1 unspecified atom stereocenters. The molecule has 154 valence electrons. The predicted molar refractivity (Wildman–Crippen MR) is 127 cm³/mol. The molecule has 3 rings (SSSR count). The molecule has 1 atom stereocenters. The minimum Gasteiger partial charge on any atom is -0.345 e. The largest absolute Gasteiger partial charge is 0.345 e. The van der Waals surface area contributed by atoms with Crippen molar-refractivity contribution in [1.29, 1.82) is 0 Å². The van der Waals surface area contributed by atoms with Gasteiger partial charge in [0, 0.05) is 15.1 Å². The van der Waals surface area contributed by atoms with Crippen molar-refractivity contribution in [2.45, 2.75) is 24.8 Å². The maximum Gasteiger partial charge on any atom is 0.252 e. The summed E-state index contributed by atoms with van der Waals surface area (Å²) in [6.45, 7) is 3.95. The Balaban J connectivity index is 1.62. The quantitative estimate of drug-likeness (QED) is 0.407. The summed E-state index contributed by atoms with van der Waals surface area (Å²) >= 11 is 4.81. The standard InChI is InChI=1S/C24H23BrN2O2S/c1-16-10-12-20(13-11-16)27-23(28)15-30-22-9-4-3-8-21(22)24(29)26-17(2)18-6-5-7-19(25)14-18/h3-14,17H,15H2,1-2H3,(H,26,29)(H,27,28). The fourth-order valence-corrected chi connectivity index (χ4v) is 4.16. The van der Waals surface area contributed by atoms with Crippen LogP contribution in [0.4, 0.5) is 5.69 Å². The molecular weight excluding hydrogens is 460 g/mol. The van der Waals surface area contributed by atoms with Crippen LogP contribution in [0.5, 0.6) is 0 Å². The van der Waals surface area contributed by atoms with Crippen molar-refractivity contribution in [2.75, 3.05) is 11.1 Å². The molecule has 3 aromatic rings. The van der Waals surface area contributed by atoms with Gasteiger partial charge in [0.1, 0.15) is 0 Å². The van der Waals surface area contributed by atoms with Crippen molar-refractivity contribution in [3.8, 4) is 0 Å². The number of anilines is 1. The topological polar surface area (TPSA) is 58.2 Å². The van der Waals surface area contributed by atoms with Gasteiger partial charge >= 0.3 is 0 Å². The van der Waals surface area contributed by atoms with Gasteiger partial charge in [0.05, 0.1) is 17.4 Å². The van der Waals surface area contributed by atoms with E-state index in [4.69, 9.17) is 0 Å². The second-order valence-electron chi connectivity index (χ2n) is 6.95. The summed E-state index contributed by atoms with van der Waals surface area (Å²) < 4.78 is 0.969. The van der Waals surface area contributed by atoms with Gasteiger partial charge in [-0.25, -0.2) is 0 Å². The second-order valence-corrected chi connectivity index (χ2v) is 8.88. The lowest BCUT2D eigenvalue weighted by molar-refractivity contribution is -0.113. The fraction of sp³-hybridized carbons (Fsp3) is 0.167. The van der Waals surface area contributed by atoms with Crippen LogP contribution in [0.25, 0.3) is 0 Å². The number of thioether (sulfide) groups is 1. The molecule has 0 aliphatic rings. The predicted octanol–water partition coefficient (Wildman–Crippen LogP) is 5.98. The molecule has 0 saturated heterocycles. The zero-order valence-electron chi connectivity index (χ0n) is 16.8. The minimum absolute atomic E-state index is 0.110. The van der Waals surface area contributed by atoms with E-state index in [1.165, 1.54) is 11.8 Å². The average molecular weight is 483 g/mol. The van der Waals surface area contributed by atoms with Crippen LogP contribution in [0.1, 0.15) is 34.5 Å². The first-order valence-corrected chi connectivity index (χ1v) is 11.3. The molecule has 2 N–H and O–H groups in total. The number of nitrogens with one attached hydrogen (secondary N) is 2. The van der Waals surface area contributed by atoms with Gasteiger partial charge in [-0.2, -0.15) is 0 Å². The molecule has 0 heterocycles. The van der Waals surface area contributed by atoms with Gasteiger partial charge in [-0.3, -0.25) is 9.59 Å². The van der Waals surface area contributed by atoms with E-state index in [1.807, 2.05) is 80.6 Å². The van der Waals surface area contributed by atoms with Crippen LogP contribution >= 0.6 is 27.7 Å². The Morgan fingerprint density at radius 3 is 2.47 bits per heavy atom. The number of rotatable bonds is 7. The highest BCUT2D eigenvalue weighted by molar-refractivity contribution is 9.10. The van der Waals surface area contributed by atoms with Crippen LogP contribution in [0, 0.1) is 6.92 Å².